The van der Waals surface area contributed by atoms with Gasteiger partial charge in [-0.3, -0.25) is 40.6 Å². The molecule has 0 aliphatic carbocycles. The van der Waals surface area contributed by atoms with Crippen LogP contribution in [0.15, 0.2) is 53.5 Å². The molecule has 0 atom stereocenters. The largest absolute Gasteiger partial charge is 0.444 e. The lowest BCUT2D eigenvalue weighted by molar-refractivity contribution is -0.385. The number of hydrogen-bond donors (Lipinski definition) is 3. The quantitative estimate of drug-likeness (QED) is 0.203. The molecule has 0 unspecified atom stereocenters. The predicted molar refractivity (Wildman–Crippen MR) is 119 cm³/mol. The summed E-state index contributed by atoms with van der Waals surface area (Å²) in [4.78, 5) is 59.2. The molecular weight excluding hydrogens is 468 g/mol. The van der Waals surface area contributed by atoms with Crippen LogP contribution >= 0.6 is 0 Å². The number of rotatable bonds is 9. The van der Waals surface area contributed by atoms with Crippen LogP contribution in [0.2, 0.25) is 0 Å². The Morgan fingerprint density at radius 1 is 0.800 bits per heavy atom. The van der Waals surface area contributed by atoms with Crippen LogP contribution in [-0.4, -0.2) is 40.4 Å². The van der Waals surface area contributed by atoms with E-state index in [-0.39, 0.29) is 43.5 Å². The fourth-order valence-corrected chi connectivity index (χ4v) is 2.38. The highest BCUT2D eigenvalue weighted by atomic mass is 16.6. The Labute approximate surface area is 197 Å². The summed E-state index contributed by atoms with van der Waals surface area (Å²) in [5, 5.41) is 25.7. The third kappa shape index (κ3) is 9.52. The summed E-state index contributed by atoms with van der Waals surface area (Å²) in [5.41, 5.74) is 5.73. The number of nitrogens with one attached hydrogen (secondary N) is 2. The number of carbonyl (C=O) groups excluding carboxylic acids is 3. The van der Waals surface area contributed by atoms with E-state index < -0.39 is 27.9 Å². The van der Waals surface area contributed by atoms with E-state index in [0.29, 0.717) is 11.1 Å². The summed E-state index contributed by atoms with van der Waals surface area (Å²) in [6, 6.07) is 10.6. The molecule has 0 bridgehead atoms. The number of alkyl carbamates (subject to hydrolysis) is 2. The zero-order valence-corrected chi connectivity index (χ0v) is 18.0. The number of nitro benzene ring substituents is 2. The molecular formula is C20H20N6O9. The van der Waals surface area contributed by atoms with Gasteiger partial charge in [0.15, 0.2) is 0 Å². The first kappa shape index (κ1) is 26.2. The lowest BCUT2D eigenvalue weighted by Gasteiger charge is -2.11. The maximum absolute atomic E-state index is 12.1. The van der Waals surface area contributed by atoms with Crippen molar-refractivity contribution in [1.82, 2.24) is 10.6 Å². The number of guanidine groups is 1. The molecule has 0 saturated carbocycles. The van der Waals surface area contributed by atoms with Crippen molar-refractivity contribution in [3.8, 4) is 0 Å². The minimum absolute atomic E-state index is 0.126. The summed E-state index contributed by atoms with van der Waals surface area (Å²) in [5.74, 6) is -1.04. The number of carbonyl (C=O) groups is 3. The Balaban J connectivity index is 1.91. The highest BCUT2D eigenvalue weighted by Gasteiger charge is 2.13. The molecule has 0 aromatic heterocycles. The van der Waals surface area contributed by atoms with Gasteiger partial charge in [0.05, 0.1) is 16.4 Å². The molecule has 15 nitrogen and oxygen atoms in total. The van der Waals surface area contributed by atoms with E-state index in [9.17, 15) is 34.6 Å². The van der Waals surface area contributed by atoms with E-state index in [1.165, 1.54) is 48.5 Å². The average molecular weight is 488 g/mol. The molecule has 0 aliphatic rings. The molecule has 0 radical (unpaired) electrons. The van der Waals surface area contributed by atoms with Crippen molar-refractivity contribution in [2.24, 2.45) is 10.7 Å². The Kier molecular flexibility index (Phi) is 9.59. The Hall–Kier alpha value is -5.08. The molecule has 3 amide bonds. The number of nitrogens with zero attached hydrogens (tertiary/aromatic N) is 3. The van der Waals surface area contributed by atoms with Gasteiger partial charge in [0.2, 0.25) is 11.9 Å². The molecule has 0 aliphatic heterocycles. The second kappa shape index (κ2) is 12.8. The lowest BCUT2D eigenvalue weighted by Crippen LogP contribution is -2.44. The summed E-state index contributed by atoms with van der Waals surface area (Å²) >= 11 is 0. The van der Waals surface area contributed by atoms with Gasteiger partial charge in [-0.25, -0.2) is 9.59 Å². The maximum Gasteiger partial charge on any atom is 0.414 e. The van der Waals surface area contributed by atoms with Gasteiger partial charge in [-0.1, -0.05) is 0 Å². The summed E-state index contributed by atoms with van der Waals surface area (Å²) < 4.78 is 9.98. The highest BCUT2D eigenvalue weighted by molar-refractivity contribution is 6.01. The Morgan fingerprint density at radius 2 is 1.20 bits per heavy atom. The highest BCUT2D eigenvalue weighted by Crippen LogP contribution is 2.13. The number of nitro groups is 2. The minimum atomic E-state index is -1.02. The molecule has 35 heavy (non-hydrogen) atoms. The van der Waals surface area contributed by atoms with E-state index in [2.05, 4.69) is 15.6 Å². The number of nitrogens with two attached hydrogens (primary N) is 1. The Morgan fingerprint density at radius 3 is 1.54 bits per heavy atom. The molecule has 0 fully saturated rings. The van der Waals surface area contributed by atoms with Gasteiger partial charge in [-0.15, -0.1) is 0 Å². The first-order chi connectivity index (χ1) is 16.6. The molecule has 2 aromatic carbocycles. The standard InChI is InChI=1S/C20H20N6O9/c21-17(27)9-10-22-18(23-19(28)34-11-13-1-5-15(6-2-13)25(30)31)24-20(29)35-12-14-3-7-16(8-4-14)26(32)33/h1-8H,9-12H2,(H2,21,27)(H2,22,23,24,28,29). The number of non-ortho nitro benzene ring substituents is 2. The van der Waals surface area contributed by atoms with Gasteiger partial charge in [-0.2, -0.15) is 0 Å². The van der Waals surface area contributed by atoms with Crippen molar-refractivity contribution in [2.45, 2.75) is 19.6 Å². The number of aliphatic imine (C=N–C) groups is 1. The van der Waals surface area contributed by atoms with Crippen LogP contribution in [0, 0.1) is 20.2 Å². The minimum Gasteiger partial charge on any atom is -0.444 e. The van der Waals surface area contributed by atoms with E-state index in [0.717, 1.165) is 0 Å². The molecule has 0 spiro atoms. The van der Waals surface area contributed by atoms with Crippen LogP contribution in [0.5, 0.6) is 0 Å². The molecule has 184 valence electrons. The number of benzene rings is 2. The molecule has 2 aromatic rings. The van der Waals surface area contributed by atoms with Gasteiger partial charge in [0.1, 0.15) is 13.2 Å². The molecule has 4 N–H and O–H groups in total. The van der Waals surface area contributed by atoms with E-state index >= 15 is 0 Å². The van der Waals surface area contributed by atoms with Gasteiger partial charge in [-0.05, 0) is 35.4 Å². The normalized spacial score (nSPS) is 9.94. The fourth-order valence-electron chi connectivity index (χ4n) is 2.38. The average Bonchev–Trinajstić information content (AvgIpc) is 2.81. The van der Waals surface area contributed by atoms with Crippen molar-refractivity contribution in [2.75, 3.05) is 6.54 Å². The van der Waals surface area contributed by atoms with Crippen molar-refractivity contribution in [3.05, 3.63) is 79.9 Å². The second-order valence-corrected chi connectivity index (χ2v) is 6.70. The van der Waals surface area contributed by atoms with Crippen molar-refractivity contribution >= 4 is 35.4 Å². The first-order valence-corrected chi connectivity index (χ1v) is 9.81. The topological polar surface area (TPSA) is 218 Å². The van der Waals surface area contributed by atoms with Crippen molar-refractivity contribution in [1.29, 1.82) is 0 Å². The third-order valence-corrected chi connectivity index (χ3v) is 4.10. The number of primary amides is 1. The number of amides is 3. The van der Waals surface area contributed by atoms with Crippen LogP contribution in [0.3, 0.4) is 0 Å². The lowest BCUT2D eigenvalue weighted by atomic mass is 10.2. The van der Waals surface area contributed by atoms with Crippen LogP contribution in [0.4, 0.5) is 21.0 Å². The SMILES string of the molecule is NC(=O)CCN=C(NC(=O)OCc1ccc([N+](=O)[O-])cc1)NC(=O)OCc1ccc([N+](=O)[O-])cc1. The van der Waals surface area contributed by atoms with Gasteiger partial charge in [0, 0.05) is 30.7 Å². The predicted octanol–water partition coefficient (Wildman–Crippen LogP) is 1.89. The second-order valence-electron chi connectivity index (χ2n) is 6.70. The van der Waals surface area contributed by atoms with Gasteiger partial charge >= 0.3 is 12.2 Å². The first-order valence-electron chi connectivity index (χ1n) is 9.81. The van der Waals surface area contributed by atoms with Crippen LogP contribution < -0.4 is 16.4 Å². The van der Waals surface area contributed by atoms with Crippen molar-refractivity contribution < 1.29 is 33.7 Å². The maximum atomic E-state index is 12.1. The van der Waals surface area contributed by atoms with E-state index in [1.54, 1.807) is 0 Å². The summed E-state index contributed by atoms with van der Waals surface area (Å²) in [6.45, 7) is -0.623. The summed E-state index contributed by atoms with van der Waals surface area (Å²) in [7, 11) is 0. The number of hydrogen-bond acceptors (Lipinski definition) is 10. The molecule has 0 heterocycles. The zero-order valence-electron chi connectivity index (χ0n) is 18.0. The molecule has 0 saturated heterocycles. The van der Waals surface area contributed by atoms with E-state index in [1.807, 2.05) is 0 Å². The van der Waals surface area contributed by atoms with Crippen LogP contribution in [0.1, 0.15) is 17.5 Å². The van der Waals surface area contributed by atoms with E-state index in [4.69, 9.17) is 15.2 Å². The van der Waals surface area contributed by atoms with Crippen molar-refractivity contribution in [3.63, 3.8) is 0 Å². The zero-order chi connectivity index (χ0) is 25.8. The van der Waals surface area contributed by atoms with Crippen LogP contribution in [-0.2, 0) is 27.5 Å². The molecule has 15 heteroatoms. The van der Waals surface area contributed by atoms with Gasteiger partial charge < -0.3 is 15.2 Å². The fraction of sp³-hybridized carbons (Fsp3) is 0.200. The van der Waals surface area contributed by atoms with Gasteiger partial charge in [0.25, 0.3) is 11.4 Å². The molecule has 2 rings (SSSR count). The smallest absolute Gasteiger partial charge is 0.414 e. The third-order valence-electron chi connectivity index (χ3n) is 4.10. The summed E-state index contributed by atoms with van der Waals surface area (Å²) in [6.07, 6.45) is -2.20. The monoisotopic (exact) mass is 488 g/mol. The number of ether oxygens (including phenoxy) is 2. The Bertz CT molecular complexity index is 1040. The van der Waals surface area contributed by atoms with Crippen LogP contribution in [0.25, 0.3) is 0 Å².